The summed E-state index contributed by atoms with van der Waals surface area (Å²) in [6.07, 6.45) is 6.84. The van der Waals surface area contributed by atoms with Crippen LogP contribution >= 0.6 is 11.6 Å². The number of aliphatic hydroxyl groups is 1. The SMILES string of the molecule is [O-][S+]1CCc2nc(N3CC4(CN(c5ncc(Cl)cn5)C4)C3)nc(NC3(CO)CCC3)c21. The maximum Gasteiger partial charge on any atom is 0.227 e. The van der Waals surface area contributed by atoms with Crippen molar-refractivity contribution in [3.05, 3.63) is 23.1 Å². The van der Waals surface area contributed by atoms with Crippen LogP contribution in [-0.2, 0) is 17.6 Å². The molecular formula is C20H24ClN7O2S. The number of nitrogens with zero attached hydrogens (tertiary/aromatic N) is 6. The summed E-state index contributed by atoms with van der Waals surface area (Å²) in [6, 6.07) is 0. The van der Waals surface area contributed by atoms with Crippen molar-refractivity contribution in [1.29, 1.82) is 0 Å². The molecule has 2 aromatic rings. The first-order chi connectivity index (χ1) is 15.0. The molecule has 4 aliphatic rings. The minimum Gasteiger partial charge on any atom is -0.611 e. The van der Waals surface area contributed by atoms with E-state index in [9.17, 15) is 9.66 Å². The lowest BCUT2D eigenvalue weighted by molar-refractivity contribution is 0.143. The van der Waals surface area contributed by atoms with Gasteiger partial charge in [0.25, 0.3) is 0 Å². The number of aliphatic hydroxyl groups excluding tert-OH is 1. The van der Waals surface area contributed by atoms with Gasteiger partial charge in [-0.05, 0) is 30.4 Å². The highest BCUT2D eigenvalue weighted by Gasteiger charge is 2.53. The summed E-state index contributed by atoms with van der Waals surface area (Å²) in [5, 5.41) is 13.9. The van der Waals surface area contributed by atoms with Gasteiger partial charge >= 0.3 is 0 Å². The molecule has 3 fully saturated rings. The number of aryl methyl sites for hydroxylation is 1. The molecule has 1 unspecified atom stereocenters. The number of nitrogens with one attached hydrogen (secondary N) is 1. The average molecular weight is 462 g/mol. The summed E-state index contributed by atoms with van der Waals surface area (Å²) in [5.41, 5.74) is 0.751. The summed E-state index contributed by atoms with van der Waals surface area (Å²) in [7, 11) is 0. The highest BCUT2D eigenvalue weighted by atomic mass is 35.5. The zero-order valence-electron chi connectivity index (χ0n) is 17.1. The molecule has 1 saturated carbocycles. The summed E-state index contributed by atoms with van der Waals surface area (Å²) in [6.45, 7) is 3.62. The number of aromatic nitrogens is 4. The molecule has 164 valence electrons. The van der Waals surface area contributed by atoms with Gasteiger partial charge in [0.15, 0.2) is 5.82 Å². The lowest BCUT2D eigenvalue weighted by Gasteiger charge is -2.60. The maximum absolute atomic E-state index is 12.6. The Labute approximate surface area is 188 Å². The molecule has 6 rings (SSSR count). The maximum atomic E-state index is 12.6. The first-order valence-electron chi connectivity index (χ1n) is 10.6. The van der Waals surface area contributed by atoms with E-state index in [1.54, 1.807) is 12.4 Å². The normalized spacial score (nSPS) is 24.9. The molecule has 9 nitrogen and oxygen atoms in total. The van der Waals surface area contributed by atoms with E-state index in [1.165, 1.54) is 0 Å². The molecule has 1 atom stereocenters. The summed E-state index contributed by atoms with van der Waals surface area (Å²) in [4.78, 5) is 23.2. The molecule has 0 amide bonds. The van der Waals surface area contributed by atoms with Crippen molar-refractivity contribution >= 4 is 40.5 Å². The van der Waals surface area contributed by atoms with E-state index < -0.39 is 11.2 Å². The summed E-state index contributed by atoms with van der Waals surface area (Å²) < 4.78 is 12.6. The Morgan fingerprint density at radius 3 is 2.39 bits per heavy atom. The Kier molecular flexibility index (Phi) is 4.51. The smallest absolute Gasteiger partial charge is 0.227 e. The lowest BCUT2D eigenvalue weighted by Crippen LogP contribution is -2.73. The van der Waals surface area contributed by atoms with Crippen molar-refractivity contribution in [3.8, 4) is 0 Å². The summed E-state index contributed by atoms with van der Waals surface area (Å²) in [5.74, 6) is 2.65. The van der Waals surface area contributed by atoms with Crippen LogP contribution in [0.3, 0.4) is 0 Å². The summed E-state index contributed by atoms with van der Waals surface area (Å²) >= 11 is 4.80. The van der Waals surface area contributed by atoms with Crippen molar-refractivity contribution in [3.63, 3.8) is 0 Å². The first kappa shape index (κ1) is 19.8. The van der Waals surface area contributed by atoms with Gasteiger partial charge in [0.2, 0.25) is 16.8 Å². The average Bonchev–Trinajstić information content (AvgIpc) is 3.05. The predicted molar refractivity (Wildman–Crippen MR) is 118 cm³/mol. The van der Waals surface area contributed by atoms with Crippen LogP contribution in [0, 0.1) is 5.41 Å². The van der Waals surface area contributed by atoms with Crippen LogP contribution in [0.5, 0.6) is 0 Å². The molecular weight excluding hydrogens is 438 g/mol. The monoisotopic (exact) mass is 461 g/mol. The molecule has 2 N–H and O–H groups in total. The largest absolute Gasteiger partial charge is 0.611 e. The Hall–Kier alpha value is -1.88. The minimum absolute atomic E-state index is 0.0587. The van der Waals surface area contributed by atoms with Crippen LogP contribution in [0.15, 0.2) is 17.3 Å². The molecule has 1 aliphatic carbocycles. The van der Waals surface area contributed by atoms with Crippen molar-refractivity contribution in [1.82, 2.24) is 19.9 Å². The molecule has 31 heavy (non-hydrogen) atoms. The van der Waals surface area contributed by atoms with Crippen molar-refractivity contribution in [2.75, 3.05) is 53.7 Å². The van der Waals surface area contributed by atoms with Crippen LogP contribution in [0.1, 0.15) is 25.0 Å². The third-order valence-electron chi connectivity index (χ3n) is 6.95. The number of rotatable bonds is 5. The Morgan fingerprint density at radius 1 is 1.10 bits per heavy atom. The Bertz CT molecular complexity index is 1000. The number of hydrogen-bond acceptors (Lipinski definition) is 9. The second kappa shape index (κ2) is 7.06. The predicted octanol–water partition coefficient (Wildman–Crippen LogP) is 1.24. The van der Waals surface area contributed by atoms with Crippen LogP contribution in [0.25, 0.3) is 0 Å². The highest BCUT2D eigenvalue weighted by molar-refractivity contribution is 7.91. The topological polar surface area (TPSA) is 113 Å². The molecule has 0 aromatic carbocycles. The Balaban J connectivity index is 1.18. The fourth-order valence-corrected chi connectivity index (χ4v) is 6.47. The van der Waals surface area contributed by atoms with E-state index >= 15 is 0 Å². The number of fused-ring (bicyclic) bond motifs is 1. The van der Waals surface area contributed by atoms with E-state index in [1.807, 2.05) is 0 Å². The highest BCUT2D eigenvalue weighted by Crippen LogP contribution is 2.44. The number of halogens is 1. The third kappa shape index (κ3) is 3.23. The van der Waals surface area contributed by atoms with Crippen molar-refractivity contribution in [2.24, 2.45) is 5.41 Å². The van der Waals surface area contributed by atoms with Gasteiger partial charge in [0.05, 0.1) is 29.6 Å². The van der Waals surface area contributed by atoms with Gasteiger partial charge in [-0.2, -0.15) is 4.98 Å². The molecule has 2 saturated heterocycles. The molecule has 3 aliphatic heterocycles. The molecule has 0 radical (unpaired) electrons. The van der Waals surface area contributed by atoms with Crippen LogP contribution in [0.4, 0.5) is 17.7 Å². The minimum atomic E-state index is -1.08. The molecule has 1 spiro atoms. The quantitative estimate of drug-likeness (QED) is 0.634. The second-order valence-corrected chi connectivity index (χ2v) is 11.2. The van der Waals surface area contributed by atoms with E-state index in [2.05, 4.69) is 25.1 Å². The van der Waals surface area contributed by atoms with Gasteiger partial charge in [0, 0.05) is 38.0 Å². The fourth-order valence-electron chi connectivity index (χ4n) is 5.07. The van der Waals surface area contributed by atoms with Gasteiger partial charge in [-0.15, -0.1) is 0 Å². The standard InChI is InChI=1S/C20H24ClN7O2S/c21-13-6-22-17(23-7-13)27-8-19(9-27)10-28(11-19)18-24-14-2-5-31(30)15(14)16(25-18)26-20(12-29)3-1-4-20/h6-7,29H,1-5,8-12H2,(H,24,25,26). The van der Waals surface area contributed by atoms with E-state index in [0.717, 1.165) is 56.0 Å². The van der Waals surface area contributed by atoms with Crippen LogP contribution < -0.4 is 15.1 Å². The van der Waals surface area contributed by atoms with Gasteiger partial charge < -0.3 is 24.8 Å². The second-order valence-electron chi connectivity index (χ2n) is 9.28. The van der Waals surface area contributed by atoms with Gasteiger partial charge in [-0.25, -0.2) is 15.0 Å². The van der Waals surface area contributed by atoms with E-state index in [-0.39, 0.29) is 17.6 Å². The zero-order chi connectivity index (χ0) is 21.2. The number of anilines is 3. The first-order valence-corrected chi connectivity index (χ1v) is 12.3. The lowest BCUT2D eigenvalue weighted by atomic mass is 9.73. The van der Waals surface area contributed by atoms with Crippen LogP contribution in [-0.4, -0.2) is 73.7 Å². The third-order valence-corrected chi connectivity index (χ3v) is 8.60. The molecule has 0 bridgehead atoms. The molecule has 2 aromatic heterocycles. The molecule has 11 heteroatoms. The van der Waals surface area contributed by atoms with E-state index in [0.29, 0.717) is 34.9 Å². The fraction of sp³-hybridized carbons (Fsp3) is 0.600. The van der Waals surface area contributed by atoms with Crippen molar-refractivity contribution < 1.29 is 9.66 Å². The number of hydrogen-bond donors (Lipinski definition) is 2. The van der Waals surface area contributed by atoms with E-state index in [4.69, 9.17) is 21.6 Å². The molecule has 5 heterocycles. The zero-order valence-corrected chi connectivity index (χ0v) is 18.6. The van der Waals surface area contributed by atoms with Crippen molar-refractivity contribution in [2.45, 2.75) is 36.1 Å². The van der Waals surface area contributed by atoms with Gasteiger partial charge in [-0.3, -0.25) is 0 Å². The van der Waals surface area contributed by atoms with Crippen LogP contribution in [0.2, 0.25) is 5.02 Å². The Morgan fingerprint density at radius 2 is 1.77 bits per heavy atom. The van der Waals surface area contributed by atoms with Gasteiger partial charge in [0.1, 0.15) is 11.4 Å². The van der Waals surface area contributed by atoms with Gasteiger partial charge in [-0.1, -0.05) is 11.6 Å².